The monoisotopic (exact) mass is 638 g/mol. The van der Waals surface area contributed by atoms with Gasteiger partial charge in [0.2, 0.25) is 5.95 Å². The Bertz CT molecular complexity index is 1900. The number of likely N-dealkylation sites (tertiary alicyclic amines) is 1. The van der Waals surface area contributed by atoms with Crippen molar-refractivity contribution < 1.29 is 14.6 Å². The molecule has 0 spiro atoms. The Morgan fingerprint density at radius 2 is 1.98 bits per heavy atom. The normalized spacial score (nSPS) is 19.0. The summed E-state index contributed by atoms with van der Waals surface area (Å²) in [5.41, 5.74) is 3.23. The molecule has 1 amide bonds. The van der Waals surface area contributed by atoms with E-state index in [1.807, 2.05) is 24.3 Å². The van der Waals surface area contributed by atoms with Crippen LogP contribution < -0.4 is 19.9 Å². The molecule has 4 heterocycles. The smallest absolute Gasteiger partial charge is 0.407 e. The van der Waals surface area contributed by atoms with Crippen LogP contribution in [0.1, 0.15) is 42.5 Å². The highest BCUT2D eigenvalue weighted by molar-refractivity contribution is 6.36. The number of nitrogens with zero attached hydrogens (tertiary/aromatic N) is 9. The van der Waals surface area contributed by atoms with Gasteiger partial charge in [0.15, 0.2) is 17.2 Å². The van der Waals surface area contributed by atoms with Crippen molar-refractivity contribution in [1.82, 2.24) is 24.5 Å². The second kappa shape index (κ2) is 11.9. The van der Waals surface area contributed by atoms with Crippen molar-refractivity contribution in [3.63, 3.8) is 0 Å². The van der Waals surface area contributed by atoms with Gasteiger partial charge in [-0.15, -0.1) is 5.10 Å². The summed E-state index contributed by atoms with van der Waals surface area (Å²) in [7, 11) is 1.63. The van der Waals surface area contributed by atoms with Gasteiger partial charge >= 0.3 is 6.09 Å². The fraction of sp³-hybridized carbons (Fsp3) is 0.375. The highest BCUT2D eigenvalue weighted by Gasteiger charge is 2.42. The molecular weight excluding hydrogens is 608 g/mol. The molecule has 4 aromatic rings. The molecule has 2 aromatic heterocycles. The maximum absolute atomic E-state index is 11.9. The molecule has 46 heavy (non-hydrogen) atoms. The van der Waals surface area contributed by atoms with Crippen molar-refractivity contribution >= 4 is 46.5 Å². The van der Waals surface area contributed by atoms with Crippen molar-refractivity contribution in [1.29, 1.82) is 10.5 Å². The topological polar surface area (TPSA) is 159 Å². The number of carbonyl (C=O) groups is 1. The molecule has 2 aliphatic heterocycles. The number of methoxy groups -OCH3 is 1. The fourth-order valence-corrected chi connectivity index (χ4v) is 6.89. The Kier molecular flexibility index (Phi) is 7.62. The van der Waals surface area contributed by atoms with E-state index in [2.05, 4.69) is 37.3 Å². The number of ether oxygens (including phenoxy) is 1. The summed E-state index contributed by atoms with van der Waals surface area (Å²) in [6.07, 6.45) is 4.31. The maximum atomic E-state index is 11.9. The Balaban J connectivity index is 1.25. The summed E-state index contributed by atoms with van der Waals surface area (Å²) in [5, 5.41) is 37.7. The number of nitrogens with one attached hydrogen (secondary N) is 1. The first-order chi connectivity index (χ1) is 22.4. The average molecular weight is 639 g/mol. The first-order valence-electron chi connectivity index (χ1n) is 15.2. The molecule has 2 aromatic carbocycles. The third-order valence-corrected chi connectivity index (χ3v) is 9.42. The quantitative estimate of drug-likeness (QED) is 0.267. The Hall–Kier alpha value is -5.27. The lowest BCUT2D eigenvalue weighted by atomic mass is 9.92. The number of piperidine rings is 1. The number of fused-ring (bicyclic) bond motifs is 2. The summed E-state index contributed by atoms with van der Waals surface area (Å²) in [6, 6.07) is 15.7. The zero-order valence-electron chi connectivity index (χ0n) is 25.1. The van der Waals surface area contributed by atoms with Crippen LogP contribution in [0.15, 0.2) is 42.6 Å². The molecule has 7 rings (SSSR count). The van der Waals surface area contributed by atoms with Crippen molar-refractivity contribution in [3.8, 4) is 17.9 Å². The number of anilines is 4. The molecule has 2 saturated heterocycles. The maximum Gasteiger partial charge on any atom is 0.407 e. The lowest BCUT2D eigenvalue weighted by molar-refractivity contribution is 0.0965. The Morgan fingerprint density at radius 1 is 1.17 bits per heavy atom. The molecule has 14 heteroatoms. The van der Waals surface area contributed by atoms with Crippen molar-refractivity contribution in [3.05, 3.63) is 64.4 Å². The second-order valence-electron chi connectivity index (χ2n) is 11.9. The Morgan fingerprint density at radius 3 is 2.67 bits per heavy atom. The fourth-order valence-electron chi connectivity index (χ4n) is 6.61. The molecule has 234 valence electrons. The summed E-state index contributed by atoms with van der Waals surface area (Å²) in [6.45, 7) is 2.20. The lowest BCUT2D eigenvalue weighted by Crippen LogP contribution is -2.47. The number of imidazole rings is 1. The number of benzene rings is 2. The largest absolute Gasteiger partial charge is 0.497 e. The van der Waals surface area contributed by atoms with E-state index >= 15 is 0 Å². The van der Waals surface area contributed by atoms with Gasteiger partial charge in [0.1, 0.15) is 11.8 Å². The van der Waals surface area contributed by atoms with Crippen LogP contribution in [0.25, 0.3) is 5.65 Å². The predicted octanol–water partition coefficient (Wildman–Crippen LogP) is 5.02. The van der Waals surface area contributed by atoms with Crippen LogP contribution in [-0.4, -0.2) is 74.5 Å². The summed E-state index contributed by atoms with van der Waals surface area (Å²) >= 11 is 7.02. The molecule has 1 saturated carbocycles. The van der Waals surface area contributed by atoms with Gasteiger partial charge in [0.25, 0.3) is 0 Å². The zero-order chi connectivity index (χ0) is 31.9. The molecule has 2 atom stereocenters. The van der Waals surface area contributed by atoms with E-state index in [1.54, 1.807) is 19.2 Å². The van der Waals surface area contributed by atoms with Gasteiger partial charge in [0, 0.05) is 32.2 Å². The average Bonchev–Trinajstić information content (AvgIpc) is 3.68. The van der Waals surface area contributed by atoms with Crippen LogP contribution in [0.2, 0.25) is 5.02 Å². The number of carboxylic acid groups (broad SMARTS) is 1. The number of hydrogen-bond donors (Lipinski definition) is 2. The Labute approximate surface area is 270 Å². The minimum atomic E-state index is -0.914. The first-order valence-corrected chi connectivity index (χ1v) is 15.5. The van der Waals surface area contributed by atoms with E-state index in [1.165, 1.54) is 15.6 Å². The van der Waals surface area contributed by atoms with Crippen LogP contribution >= 0.6 is 11.6 Å². The molecule has 3 aliphatic rings. The number of aromatic nitrogens is 4. The molecule has 0 bridgehead atoms. The summed E-state index contributed by atoms with van der Waals surface area (Å²) in [5.74, 6) is 1.71. The second-order valence-corrected chi connectivity index (χ2v) is 12.3. The van der Waals surface area contributed by atoms with Gasteiger partial charge in [-0.05, 0) is 61.4 Å². The molecular formula is C32H31ClN10O3. The van der Waals surface area contributed by atoms with Gasteiger partial charge in [-0.2, -0.15) is 20.0 Å². The number of hydrogen-bond acceptors (Lipinski definition) is 10. The number of amides is 1. The van der Waals surface area contributed by atoms with Crippen LogP contribution in [0, 0.1) is 28.6 Å². The van der Waals surface area contributed by atoms with Crippen molar-refractivity contribution in [2.45, 2.75) is 44.3 Å². The molecule has 13 nitrogen and oxygen atoms in total. The minimum absolute atomic E-state index is 0.137. The van der Waals surface area contributed by atoms with Gasteiger partial charge in [-0.3, -0.25) is 0 Å². The third kappa shape index (κ3) is 5.43. The zero-order valence-corrected chi connectivity index (χ0v) is 25.9. The van der Waals surface area contributed by atoms with Crippen molar-refractivity contribution in [2.24, 2.45) is 5.92 Å². The third-order valence-electron chi connectivity index (χ3n) is 9.03. The summed E-state index contributed by atoms with van der Waals surface area (Å²) in [4.78, 5) is 27.1. The van der Waals surface area contributed by atoms with E-state index in [4.69, 9.17) is 21.3 Å². The van der Waals surface area contributed by atoms with Gasteiger partial charge in [-0.25, -0.2) is 9.78 Å². The number of halogens is 1. The van der Waals surface area contributed by atoms with E-state index in [-0.39, 0.29) is 29.6 Å². The highest BCUT2D eigenvalue weighted by Crippen LogP contribution is 2.41. The van der Waals surface area contributed by atoms with E-state index in [9.17, 15) is 20.4 Å². The van der Waals surface area contributed by atoms with Crippen LogP contribution in [0.5, 0.6) is 5.75 Å². The van der Waals surface area contributed by atoms with Crippen molar-refractivity contribution in [2.75, 3.05) is 41.9 Å². The standard InChI is InChI=1S/C32H31ClN10O3/c1-46-24-8-4-19(5-9-24)16-42(22-6-7-22)30-29-36-15-23(14-35)43(29)39-31(38-30)37-25-11-20(13-34)12-26(28(25)33)40-17-21-3-2-10-41(32(44)45)27(21)18-40/h4-5,8-9,11-12,15,21-22,27H,2-3,6-7,10,16-18H2,1H3,(H,37,39)(H,44,45). The molecule has 1 aliphatic carbocycles. The highest BCUT2D eigenvalue weighted by atomic mass is 35.5. The predicted molar refractivity (Wildman–Crippen MR) is 171 cm³/mol. The van der Waals surface area contributed by atoms with Crippen LogP contribution in [0.3, 0.4) is 0 Å². The van der Waals surface area contributed by atoms with Gasteiger partial charge < -0.3 is 29.9 Å². The number of nitriles is 2. The molecule has 0 radical (unpaired) electrons. The van der Waals surface area contributed by atoms with Gasteiger partial charge in [0.05, 0.1) is 47.4 Å². The lowest BCUT2D eigenvalue weighted by Gasteiger charge is -2.34. The molecule has 2 unspecified atom stereocenters. The first kappa shape index (κ1) is 29.4. The van der Waals surface area contributed by atoms with E-state index < -0.39 is 6.09 Å². The molecule has 2 N–H and O–H groups in total. The van der Waals surface area contributed by atoms with E-state index in [0.29, 0.717) is 59.6 Å². The molecule has 3 fully saturated rings. The minimum Gasteiger partial charge on any atom is -0.497 e. The van der Waals surface area contributed by atoms with Crippen LogP contribution in [0.4, 0.5) is 27.9 Å². The SMILES string of the molecule is COc1ccc(CN(c2nc(Nc3cc(C#N)cc(N4CC5CCCN(C(=O)O)C5C4)c3Cl)nn3c(C#N)cnc23)C2CC2)cc1. The van der Waals surface area contributed by atoms with Gasteiger partial charge in [-0.1, -0.05) is 23.7 Å². The van der Waals surface area contributed by atoms with E-state index in [0.717, 1.165) is 37.0 Å². The van der Waals surface area contributed by atoms with Crippen LogP contribution in [-0.2, 0) is 6.54 Å². The number of rotatable bonds is 8. The summed E-state index contributed by atoms with van der Waals surface area (Å²) < 4.78 is 6.80.